The number of hydrogen-bond donors (Lipinski definition) is 2. The molecule has 4 aromatic rings. The standard InChI is InChI=1S/C14H20N2O3.C14H22N2O.C11H12F3NO5S.C10H13NO3/c1-14(2,3)11-4-5-12(13(10-11)16(17)18)15-6-8-19-9-7-15;1-14(2,3)11-4-5-13(12(15)10-11)16-6-8-17-9-7-16;1-10(2,3)7-4-5-9(8(6-7)15(16)17)20-21(18,19)11(12,13)14;1-10(2,3)7-4-5-9(12)8(6-7)11(13)14/h4-5,10H,6-9H2,1-3H3;4-5,10H,6-9,15H2,1-3H3;4-6H,1-3H3;4-6,12H,1-3H3. The normalized spacial score (nSPS) is 14.6. The van der Waals surface area contributed by atoms with Crippen molar-refractivity contribution in [3.05, 3.63) is 125 Å². The van der Waals surface area contributed by atoms with Gasteiger partial charge in [0.05, 0.1) is 52.6 Å². The second-order valence-corrected chi connectivity index (χ2v) is 22.4. The van der Waals surface area contributed by atoms with E-state index in [1.807, 2.05) is 37.8 Å². The fourth-order valence-corrected chi connectivity index (χ4v) is 7.29. The Morgan fingerprint density at radius 2 is 0.887 bits per heavy atom. The first-order valence-corrected chi connectivity index (χ1v) is 24.0. The molecule has 0 radical (unpaired) electrons. The molecule has 0 bridgehead atoms. The number of rotatable bonds is 7. The lowest BCUT2D eigenvalue weighted by atomic mass is 9.86. The third-order valence-corrected chi connectivity index (χ3v) is 12.1. The molecule has 0 aliphatic carbocycles. The summed E-state index contributed by atoms with van der Waals surface area (Å²) in [4.78, 5) is 35.2. The van der Waals surface area contributed by atoms with Crippen LogP contribution in [0.2, 0.25) is 0 Å². The van der Waals surface area contributed by atoms with Crippen molar-refractivity contribution >= 4 is 44.2 Å². The van der Waals surface area contributed by atoms with E-state index in [0.29, 0.717) is 37.6 Å². The monoisotopic (exact) mass is 1020 g/mol. The highest BCUT2D eigenvalue weighted by Gasteiger charge is 2.49. The number of hydrogen-bond acceptors (Lipinski definition) is 15. The van der Waals surface area contributed by atoms with Crippen LogP contribution in [0.15, 0.2) is 72.8 Å². The van der Waals surface area contributed by atoms with Gasteiger partial charge in [0.1, 0.15) is 5.69 Å². The topological polar surface area (TPSA) is 244 Å². The zero-order chi connectivity index (χ0) is 54.1. The van der Waals surface area contributed by atoms with E-state index in [2.05, 4.69) is 68.8 Å². The van der Waals surface area contributed by atoms with Gasteiger partial charge in [-0.2, -0.15) is 21.6 Å². The summed E-state index contributed by atoms with van der Waals surface area (Å²) in [7, 11) is -5.96. The van der Waals surface area contributed by atoms with E-state index in [0.717, 1.165) is 60.9 Å². The molecule has 6 rings (SSSR count). The van der Waals surface area contributed by atoms with Crippen LogP contribution in [0.25, 0.3) is 0 Å². The van der Waals surface area contributed by atoms with E-state index in [4.69, 9.17) is 15.2 Å². The van der Waals surface area contributed by atoms with Crippen LogP contribution in [0.1, 0.15) is 105 Å². The van der Waals surface area contributed by atoms with Gasteiger partial charge in [0.2, 0.25) is 5.75 Å². The van der Waals surface area contributed by atoms with Crippen LogP contribution in [0.3, 0.4) is 0 Å². The predicted octanol–water partition coefficient (Wildman–Crippen LogP) is 10.9. The van der Waals surface area contributed by atoms with E-state index < -0.39 is 42.3 Å². The minimum absolute atomic E-state index is 0.0890. The summed E-state index contributed by atoms with van der Waals surface area (Å²) >= 11 is 0. The summed E-state index contributed by atoms with van der Waals surface area (Å²) in [5.74, 6) is -1.27. The Kier molecular flexibility index (Phi) is 19.4. The van der Waals surface area contributed by atoms with Gasteiger partial charge < -0.3 is 34.3 Å². The van der Waals surface area contributed by atoms with Gasteiger partial charge in [0, 0.05) is 44.4 Å². The summed E-state index contributed by atoms with van der Waals surface area (Å²) in [6.45, 7) is 30.0. The molecule has 4 aromatic carbocycles. The minimum Gasteiger partial charge on any atom is -0.502 e. The van der Waals surface area contributed by atoms with Crippen LogP contribution in [0, 0.1) is 30.3 Å². The molecule has 0 saturated carbocycles. The molecule has 0 atom stereocenters. The molecular formula is C49H67F3N6O12S. The number of nitro groups is 3. The number of ether oxygens (including phenoxy) is 2. The van der Waals surface area contributed by atoms with Gasteiger partial charge in [-0.1, -0.05) is 107 Å². The number of alkyl halides is 3. The van der Waals surface area contributed by atoms with Crippen molar-refractivity contribution in [3.8, 4) is 11.5 Å². The maximum absolute atomic E-state index is 12.2. The second-order valence-electron chi connectivity index (χ2n) is 20.8. The van der Waals surface area contributed by atoms with Crippen LogP contribution in [0.5, 0.6) is 11.5 Å². The number of aromatic hydroxyl groups is 1. The van der Waals surface area contributed by atoms with Crippen molar-refractivity contribution in [1.29, 1.82) is 0 Å². The maximum atomic E-state index is 12.2. The molecule has 0 amide bonds. The molecule has 2 heterocycles. The number of phenols is 1. The molecule has 392 valence electrons. The third-order valence-electron chi connectivity index (χ3n) is 11.2. The van der Waals surface area contributed by atoms with Crippen molar-refractivity contribution in [2.45, 2.75) is 110 Å². The molecule has 22 heteroatoms. The van der Waals surface area contributed by atoms with Gasteiger partial charge in [-0.15, -0.1) is 0 Å². The van der Waals surface area contributed by atoms with Crippen molar-refractivity contribution in [2.24, 2.45) is 0 Å². The van der Waals surface area contributed by atoms with Crippen molar-refractivity contribution in [3.63, 3.8) is 0 Å². The first-order valence-electron chi connectivity index (χ1n) is 22.6. The Morgan fingerprint density at radius 3 is 1.27 bits per heavy atom. The van der Waals surface area contributed by atoms with Gasteiger partial charge in [-0.05, 0) is 74.2 Å². The number of nitrogens with two attached hydrogens (primary N) is 1. The molecule has 3 N–H and O–H groups in total. The zero-order valence-electron chi connectivity index (χ0n) is 42.4. The summed E-state index contributed by atoms with van der Waals surface area (Å²) < 4.78 is 73.0. The first kappa shape index (κ1) is 59.1. The number of nitro benzene ring substituents is 3. The lowest BCUT2D eigenvalue weighted by Crippen LogP contribution is -2.36. The molecule has 2 saturated heterocycles. The van der Waals surface area contributed by atoms with Crippen LogP contribution >= 0.6 is 0 Å². The molecule has 0 unspecified atom stereocenters. The molecule has 2 fully saturated rings. The van der Waals surface area contributed by atoms with Gasteiger partial charge in [0.15, 0.2) is 5.75 Å². The molecule has 18 nitrogen and oxygen atoms in total. The molecule has 0 spiro atoms. The number of nitrogen functional groups attached to an aromatic ring is 1. The summed E-state index contributed by atoms with van der Waals surface area (Å²) in [5.41, 5.74) is 5.26. The smallest absolute Gasteiger partial charge is 0.502 e. The summed E-state index contributed by atoms with van der Waals surface area (Å²) in [6.07, 6.45) is 0. The Balaban J connectivity index is 0.000000253. The quantitative estimate of drug-likeness (QED) is 0.0575. The Labute approximate surface area is 413 Å². The van der Waals surface area contributed by atoms with Crippen molar-refractivity contribution in [1.82, 2.24) is 0 Å². The van der Waals surface area contributed by atoms with Gasteiger partial charge in [0.25, 0.3) is 5.69 Å². The van der Waals surface area contributed by atoms with Crippen LogP contribution < -0.4 is 19.7 Å². The zero-order valence-corrected chi connectivity index (χ0v) is 43.2. The average Bonchev–Trinajstić information content (AvgIpc) is 3.25. The first-order chi connectivity index (χ1) is 32.5. The number of nitrogens with zero attached hydrogens (tertiary/aromatic N) is 5. The van der Waals surface area contributed by atoms with E-state index in [9.17, 15) is 57.0 Å². The van der Waals surface area contributed by atoms with Gasteiger partial charge >= 0.3 is 27.0 Å². The van der Waals surface area contributed by atoms with Crippen LogP contribution in [0.4, 0.5) is 47.3 Å². The number of benzene rings is 4. The van der Waals surface area contributed by atoms with Crippen LogP contribution in [-0.2, 0) is 41.3 Å². The number of phenolic OH excluding ortho intramolecular Hbond substituents is 1. The SMILES string of the molecule is CC(C)(C)c1ccc(N2CCOCC2)c(N)c1.CC(C)(C)c1ccc(N2CCOCC2)c([N+](=O)[O-])c1.CC(C)(C)c1ccc(O)c([N+](=O)[O-])c1.CC(C)(C)c1ccc(OS(=O)(=O)C(F)(F)F)c([N+](=O)[O-])c1. The average molecular weight is 1020 g/mol. The highest BCUT2D eigenvalue weighted by atomic mass is 32.2. The largest absolute Gasteiger partial charge is 0.534 e. The number of morpholine rings is 2. The second kappa shape index (κ2) is 23.3. The predicted molar refractivity (Wildman–Crippen MR) is 268 cm³/mol. The lowest BCUT2D eigenvalue weighted by molar-refractivity contribution is -0.386. The summed E-state index contributed by atoms with van der Waals surface area (Å²) in [6, 6.07) is 19.5. The molecular weight excluding hydrogens is 954 g/mol. The molecule has 2 aliphatic rings. The van der Waals surface area contributed by atoms with E-state index in [1.165, 1.54) is 23.8 Å². The Hall–Kier alpha value is -6.26. The minimum atomic E-state index is -5.96. The Bertz CT molecular complexity index is 2610. The number of halogens is 3. The lowest BCUT2D eigenvalue weighted by Gasteiger charge is -2.30. The van der Waals surface area contributed by atoms with E-state index in [1.54, 1.807) is 32.9 Å². The fourth-order valence-electron chi connectivity index (χ4n) is 6.82. The fraction of sp³-hybridized carbons (Fsp3) is 0.510. The van der Waals surface area contributed by atoms with Crippen molar-refractivity contribution < 1.29 is 55.1 Å². The van der Waals surface area contributed by atoms with E-state index in [-0.39, 0.29) is 38.3 Å². The van der Waals surface area contributed by atoms with E-state index >= 15 is 0 Å². The van der Waals surface area contributed by atoms with Crippen molar-refractivity contribution in [2.75, 3.05) is 68.1 Å². The highest BCUT2D eigenvalue weighted by Crippen LogP contribution is 2.38. The number of anilines is 3. The van der Waals surface area contributed by atoms with Gasteiger partial charge in [-0.3, -0.25) is 30.3 Å². The Morgan fingerprint density at radius 1 is 0.549 bits per heavy atom. The molecule has 2 aliphatic heterocycles. The highest BCUT2D eigenvalue weighted by molar-refractivity contribution is 7.88. The van der Waals surface area contributed by atoms with Gasteiger partial charge in [-0.25, -0.2) is 0 Å². The van der Waals surface area contributed by atoms with Crippen LogP contribution in [-0.4, -0.2) is 86.4 Å². The molecule has 71 heavy (non-hydrogen) atoms. The molecule has 0 aromatic heterocycles. The maximum Gasteiger partial charge on any atom is 0.534 e. The summed E-state index contributed by atoms with van der Waals surface area (Å²) in [5, 5.41) is 42.0. The third kappa shape index (κ3) is 16.9.